The maximum absolute atomic E-state index is 6.65. The van der Waals surface area contributed by atoms with Gasteiger partial charge in [0.2, 0.25) is 0 Å². The van der Waals surface area contributed by atoms with Gasteiger partial charge in [0, 0.05) is 6.42 Å². The lowest BCUT2D eigenvalue weighted by atomic mass is 9.75. The molecule has 0 aliphatic heterocycles. The highest BCUT2D eigenvalue weighted by molar-refractivity contribution is 6.69. The lowest BCUT2D eigenvalue weighted by Gasteiger charge is -2.40. The Bertz CT molecular complexity index is 494. The third-order valence-electron chi connectivity index (χ3n) is 5.28. The molecule has 1 aromatic carbocycles. The molecule has 4 atom stereocenters. The summed E-state index contributed by atoms with van der Waals surface area (Å²) in [7, 11) is -1.63. The van der Waals surface area contributed by atoms with Gasteiger partial charge in [0.25, 0.3) is 0 Å². The van der Waals surface area contributed by atoms with E-state index in [9.17, 15) is 0 Å². The molecule has 0 heterocycles. The smallest absolute Gasteiger partial charge is 0.187 e. The predicted octanol–water partition coefficient (Wildman–Crippen LogP) is 6.27. The van der Waals surface area contributed by atoms with Crippen LogP contribution in [0.4, 0.5) is 0 Å². The summed E-state index contributed by atoms with van der Waals surface area (Å²) in [6, 6.07) is 10.7. The number of ether oxygens (including phenoxy) is 1. The van der Waals surface area contributed by atoms with E-state index < -0.39 is 8.32 Å². The SMILES string of the molecule is CC(C)[C@@H]1CC[C@@H](C)C[C@H]1OC(CCc1ccccc1)O[Si](C)(C)C. The van der Waals surface area contributed by atoms with E-state index in [0.717, 1.165) is 18.8 Å². The van der Waals surface area contributed by atoms with E-state index in [1.165, 1.54) is 24.8 Å². The summed E-state index contributed by atoms with van der Waals surface area (Å²) >= 11 is 0. The molecule has 1 aliphatic rings. The minimum absolute atomic E-state index is 0.0663. The Kier molecular flexibility index (Phi) is 7.72. The van der Waals surface area contributed by atoms with Gasteiger partial charge in [-0.1, -0.05) is 57.5 Å². The molecule has 1 aromatic rings. The van der Waals surface area contributed by atoms with E-state index in [-0.39, 0.29) is 6.29 Å². The molecule has 1 aliphatic carbocycles. The molecule has 3 heteroatoms. The fraction of sp³-hybridized carbons (Fsp3) is 0.727. The Hall–Kier alpha value is -0.643. The molecule has 2 nitrogen and oxygen atoms in total. The number of rotatable bonds is 8. The largest absolute Gasteiger partial charge is 0.393 e. The van der Waals surface area contributed by atoms with Crippen molar-refractivity contribution < 1.29 is 9.16 Å². The molecule has 1 saturated carbocycles. The van der Waals surface area contributed by atoms with Crippen molar-refractivity contribution in [3.05, 3.63) is 35.9 Å². The summed E-state index contributed by atoms with van der Waals surface area (Å²) in [5.41, 5.74) is 1.37. The van der Waals surface area contributed by atoms with E-state index in [1.807, 2.05) is 0 Å². The monoisotopic (exact) mass is 362 g/mol. The molecular formula is C22H38O2Si. The van der Waals surface area contributed by atoms with Crippen molar-refractivity contribution in [3.8, 4) is 0 Å². The maximum atomic E-state index is 6.65. The van der Waals surface area contributed by atoms with Gasteiger partial charge in [-0.25, -0.2) is 0 Å². The molecular weight excluding hydrogens is 324 g/mol. The minimum atomic E-state index is -1.63. The van der Waals surface area contributed by atoms with Gasteiger partial charge in [-0.05, 0) is 62.2 Å². The topological polar surface area (TPSA) is 18.5 Å². The van der Waals surface area contributed by atoms with Gasteiger partial charge in [0.05, 0.1) is 6.10 Å². The lowest BCUT2D eigenvalue weighted by Crippen LogP contribution is -2.41. The van der Waals surface area contributed by atoms with Gasteiger partial charge >= 0.3 is 0 Å². The highest BCUT2D eigenvalue weighted by atomic mass is 28.4. The van der Waals surface area contributed by atoms with Gasteiger partial charge in [0.1, 0.15) is 6.29 Å². The molecule has 0 saturated heterocycles. The third-order valence-corrected chi connectivity index (χ3v) is 6.25. The molecule has 0 aromatic heterocycles. The van der Waals surface area contributed by atoms with Crippen LogP contribution in [-0.2, 0) is 15.6 Å². The molecule has 142 valence electrons. The zero-order valence-corrected chi connectivity index (χ0v) is 18.1. The zero-order chi connectivity index (χ0) is 18.4. The van der Waals surface area contributed by atoms with Crippen molar-refractivity contribution in [2.24, 2.45) is 17.8 Å². The van der Waals surface area contributed by atoms with Gasteiger partial charge in [-0.2, -0.15) is 0 Å². The zero-order valence-electron chi connectivity index (χ0n) is 17.1. The second-order valence-corrected chi connectivity index (χ2v) is 13.6. The summed E-state index contributed by atoms with van der Waals surface area (Å²) in [5, 5.41) is 0. The molecule has 0 amide bonds. The Balaban J connectivity index is 2.03. The van der Waals surface area contributed by atoms with Crippen molar-refractivity contribution in [2.45, 2.75) is 84.9 Å². The van der Waals surface area contributed by atoms with Gasteiger partial charge in [-0.3, -0.25) is 0 Å². The van der Waals surface area contributed by atoms with Crippen molar-refractivity contribution in [1.82, 2.24) is 0 Å². The first-order chi connectivity index (χ1) is 11.7. The number of hydrogen-bond acceptors (Lipinski definition) is 2. The average molecular weight is 363 g/mol. The van der Waals surface area contributed by atoms with Crippen LogP contribution < -0.4 is 0 Å². The average Bonchev–Trinajstić information content (AvgIpc) is 2.52. The Morgan fingerprint density at radius 1 is 1.08 bits per heavy atom. The van der Waals surface area contributed by atoms with Crippen LogP contribution in [0.3, 0.4) is 0 Å². The highest BCUT2D eigenvalue weighted by Gasteiger charge is 2.34. The highest BCUT2D eigenvalue weighted by Crippen LogP contribution is 2.36. The van der Waals surface area contributed by atoms with E-state index in [2.05, 4.69) is 70.7 Å². The summed E-state index contributed by atoms with van der Waals surface area (Å²) in [5.74, 6) is 2.11. The maximum Gasteiger partial charge on any atom is 0.187 e. The molecule has 0 radical (unpaired) electrons. The molecule has 2 rings (SSSR count). The Morgan fingerprint density at radius 2 is 1.76 bits per heavy atom. The van der Waals surface area contributed by atoms with Gasteiger partial charge < -0.3 is 9.16 Å². The number of aryl methyl sites for hydroxylation is 1. The van der Waals surface area contributed by atoms with Crippen LogP contribution in [0.1, 0.15) is 52.0 Å². The van der Waals surface area contributed by atoms with Crippen LogP contribution in [0.5, 0.6) is 0 Å². The van der Waals surface area contributed by atoms with E-state index in [4.69, 9.17) is 9.16 Å². The summed E-state index contributed by atoms with van der Waals surface area (Å²) < 4.78 is 13.1. The summed E-state index contributed by atoms with van der Waals surface area (Å²) in [6.07, 6.45) is 6.06. The standard InChI is InChI=1S/C22H38O2Si/c1-17(2)20-14-12-18(3)16-21(20)23-22(24-25(4,5)6)15-13-19-10-8-7-9-11-19/h7-11,17-18,20-22H,12-16H2,1-6H3/t18-,20+,21-,22?/m1/s1. The van der Waals surface area contributed by atoms with Gasteiger partial charge in [0.15, 0.2) is 8.32 Å². The minimum Gasteiger partial charge on any atom is -0.393 e. The van der Waals surface area contributed by atoms with E-state index in [0.29, 0.717) is 17.9 Å². The van der Waals surface area contributed by atoms with Gasteiger partial charge in [-0.15, -0.1) is 0 Å². The summed E-state index contributed by atoms with van der Waals surface area (Å²) in [4.78, 5) is 0. The fourth-order valence-electron chi connectivity index (χ4n) is 3.94. The molecule has 25 heavy (non-hydrogen) atoms. The van der Waals surface area contributed by atoms with Crippen LogP contribution in [0.25, 0.3) is 0 Å². The van der Waals surface area contributed by atoms with Crippen LogP contribution in [0.15, 0.2) is 30.3 Å². The van der Waals surface area contributed by atoms with Crippen molar-refractivity contribution in [1.29, 1.82) is 0 Å². The Labute approximate surface area is 156 Å². The Morgan fingerprint density at radius 3 is 2.36 bits per heavy atom. The van der Waals surface area contributed by atoms with Crippen LogP contribution in [0, 0.1) is 17.8 Å². The number of benzene rings is 1. The van der Waals surface area contributed by atoms with E-state index >= 15 is 0 Å². The summed E-state index contributed by atoms with van der Waals surface area (Å²) in [6.45, 7) is 13.8. The second-order valence-electron chi connectivity index (χ2n) is 9.18. The predicted molar refractivity (Wildman–Crippen MR) is 109 cm³/mol. The first-order valence-corrected chi connectivity index (χ1v) is 13.5. The number of hydrogen-bond donors (Lipinski definition) is 0. The lowest BCUT2D eigenvalue weighted by molar-refractivity contribution is -0.161. The molecule has 0 bridgehead atoms. The normalized spacial score (nSPS) is 26.0. The quantitative estimate of drug-likeness (QED) is 0.400. The van der Waals surface area contributed by atoms with Crippen molar-refractivity contribution in [2.75, 3.05) is 0 Å². The molecule has 0 N–H and O–H groups in total. The van der Waals surface area contributed by atoms with Crippen LogP contribution in [0.2, 0.25) is 19.6 Å². The third kappa shape index (κ3) is 7.24. The molecule has 0 spiro atoms. The second kappa shape index (κ2) is 9.34. The van der Waals surface area contributed by atoms with Crippen molar-refractivity contribution >= 4 is 8.32 Å². The molecule has 1 fully saturated rings. The fourth-order valence-corrected chi connectivity index (χ4v) is 4.91. The van der Waals surface area contributed by atoms with E-state index in [1.54, 1.807) is 0 Å². The molecule has 1 unspecified atom stereocenters. The van der Waals surface area contributed by atoms with Crippen LogP contribution >= 0.6 is 0 Å². The first-order valence-electron chi connectivity index (χ1n) is 10.1. The van der Waals surface area contributed by atoms with Crippen molar-refractivity contribution in [3.63, 3.8) is 0 Å². The van der Waals surface area contributed by atoms with Crippen LogP contribution in [-0.4, -0.2) is 20.7 Å². The first kappa shape index (κ1) is 20.7.